The van der Waals surface area contributed by atoms with Gasteiger partial charge in [-0.05, 0) is 56.0 Å². The van der Waals surface area contributed by atoms with E-state index in [1.807, 2.05) is 18.2 Å². The van der Waals surface area contributed by atoms with Crippen LogP contribution in [0.4, 0.5) is 0 Å². The molecule has 2 aliphatic rings. The van der Waals surface area contributed by atoms with Crippen molar-refractivity contribution in [3.63, 3.8) is 0 Å². The number of aromatic hydroxyl groups is 1. The first kappa shape index (κ1) is 15.7. The first-order valence-electron chi connectivity index (χ1n) is 8.92. The Morgan fingerprint density at radius 2 is 1.50 bits per heavy atom. The van der Waals surface area contributed by atoms with Gasteiger partial charge in [-0.25, -0.2) is 0 Å². The molecule has 0 radical (unpaired) electrons. The molecule has 2 aromatic carbocycles. The Labute approximate surface area is 143 Å². The van der Waals surface area contributed by atoms with Gasteiger partial charge in [0.1, 0.15) is 11.9 Å². The van der Waals surface area contributed by atoms with E-state index in [0.29, 0.717) is 23.9 Å². The topological polar surface area (TPSA) is 32.7 Å². The average molecular weight is 323 g/mol. The van der Waals surface area contributed by atoms with Crippen molar-refractivity contribution in [2.75, 3.05) is 7.05 Å². The van der Waals surface area contributed by atoms with Crippen molar-refractivity contribution in [3.8, 4) is 5.75 Å². The fourth-order valence-electron chi connectivity index (χ4n) is 4.29. The molecule has 2 aliphatic heterocycles. The summed E-state index contributed by atoms with van der Waals surface area (Å²) >= 11 is 0. The Bertz CT molecular complexity index is 656. The summed E-state index contributed by atoms with van der Waals surface area (Å²) in [6.07, 6.45) is 5.08. The van der Waals surface area contributed by atoms with Crippen molar-refractivity contribution in [3.05, 3.63) is 65.7 Å². The second kappa shape index (κ2) is 6.58. The second-order valence-corrected chi connectivity index (χ2v) is 7.16. The van der Waals surface area contributed by atoms with Gasteiger partial charge in [0.15, 0.2) is 0 Å². The van der Waals surface area contributed by atoms with Crippen molar-refractivity contribution in [2.24, 2.45) is 0 Å². The Morgan fingerprint density at radius 1 is 0.917 bits per heavy atom. The summed E-state index contributed by atoms with van der Waals surface area (Å²) < 4.78 is 6.62. The van der Waals surface area contributed by atoms with Gasteiger partial charge in [-0.3, -0.25) is 0 Å². The Morgan fingerprint density at radius 3 is 2.12 bits per heavy atom. The Balaban J connectivity index is 1.58. The molecule has 126 valence electrons. The highest BCUT2D eigenvalue weighted by Gasteiger charge is 2.39. The molecule has 0 saturated carbocycles. The number of nitrogens with zero attached hydrogens (tertiary/aromatic N) is 1. The van der Waals surface area contributed by atoms with Gasteiger partial charge in [-0.2, -0.15) is 0 Å². The third kappa shape index (κ3) is 3.06. The monoisotopic (exact) mass is 323 g/mol. The molecule has 3 heteroatoms. The third-order valence-electron chi connectivity index (χ3n) is 5.68. The molecule has 2 saturated heterocycles. The standard InChI is InChI=1S/C21H25NO2/c1-22-17-9-10-18(22)14-20(13-17)24-21(15-5-3-2-4-6-15)16-7-11-19(23)12-8-16/h2-8,11-12,17-18,20-21,23H,9-10,13-14H2,1H3. The van der Waals surface area contributed by atoms with E-state index in [2.05, 4.69) is 36.2 Å². The number of phenols is 1. The highest BCUT2D eigenvalue weighted by atomic mass is 16.5. The van der Waals surface area contributed by atoms with Crippen molar-refractivity contribution >= 4 is 0 Å². The normalized spacial score (nSPS) is 28.0. The number of ether oxygens (including phenoxy) is 1. The van der Waals surface area contributed by atoms with Gasteiger partial charge < -0.3 is 14.7 Å². The van der Waals surface area contributed by atoms with E-state index in [9.17, 15) is 5.11 Å². The van der Waals surface area contributed by atoms with E-state index < -0.39 is 0 Å². The van der Waals surface area contributed by atoms with Gasteiger partial charge in [0.2, 0.25) is 0 Å². The molecule has 2 bridgehead atoms. The average Bonchev–Trinajstić information content (AvgIpc) is 2.83. The van der Waals surface area contributed by atoms with Crippen LogP contribution in [0.25, 0.3) is 0 Å². The minimum Gasteiger partial charge on any atom is -0.508 e. The lowest BCUT2D eigenvalue weighted by Gasteiger charge is -2.38. The number of benzene rings is 2. The summed E-state index contributed by atoms with van der Waals surface area (Å²) in [5.74, 6) is 0.294. The van der Waals surface area contributed by atoms with Crippen LogP contribution >= 0.6 is 0 Å². The van der Waals surface area contributed by atoms with Crippen LogP contribution in [0.2, 0.25) is 0 Å². The zero-order chi connectivity index (χ0) is 16.5. The number of hydrogen-bond donors (Lipinski definition) is 1. The maximum atomic E-state index is 9.59. The Hall–Kier alpha value is -1.84. The predicted molar refractivity (Wildman–Crippen MR) is 95.1 cm³/mol. The minimum atomic E-state index is -0.0698. The van der Waals surface area contributed by atoms with Gasteiger partial charge in [-0.1, -0.05) is 42.5 Å². The summed E-state index contributed by atoms with van der Waals surface area (Å²) in [7, 11) is 2.26. The lowest BCUT2D eigenvalue weighted by atomic mass is 9.97. The second-order valence-electron chi connectivity index (χ2n) is 7.16. The largest absolute Gasteiger partial charge is 0.508 e. The minimum absolute atomic E-state index is 0.0698. The summed E-state index contributed by atoms with van der Waals surface area (Å²) in [5.41, 5.74) is 2.28. The van der Waals surface area contributed by atoms with Gasteiger partial charge in [0, 0.05) is 12.1 Å². The van der Waals surface area contributed by atoms with E-state index >= 15 is 0 Å². The van der Waals surface area contributed by atoms with Crippen molar-refractivity contribution < 1.29 is 9.84 Å². The molecule has 3 nitrogen and oxygen atoms in total. The smallest absolute Gasteiger partial charge is 0.115 e. The highest BCUT2D eigenvalue weighted by Crippen LogP contribution is 2.38. The maximum Gasteiger partial charge on any atom is 0.115 e. The zero-order valence-corrected chi connectivity index (χ0v) is 14.1. The van der Waals surface area contributed by atoms with Crippen LogP contribution in [0.15, 0.2) is 54.6 Å². The first-order chi connectivity index (χ1) is 11.7. The summed E-state index contributed by atoms with van der Waals surface area (Å²) in [4.78, 5) is 2.54. The van der Waals surface area contributed by atoms with Crippen LogP contribution in [0.3, 0.4) is 0 Å². The Kier molecular flexibility index (Phi) is 4.30. The van der Waals surface area contributed by atoms with Gasteiger partial charge >= 0.3 is 0 Å². The van der Waals surface area contributed by atoms with Crippen LogP contribution in [0.5, 0.6) is 5.75 Å². The lowest BCUT2D eigenvalue weighted by Crippen LogP contribution is -2.43. The van der Waals surface area contributed by atoms with Gasteiger partial charge in [0.25, 0.3) is 0 Å². The summed E-state index contributed by atoms with van der Waals surface area (Å²) in [6, 6.07) is 19.2. The van der Waals surface area contributed by atoms with Crippen LogP contribution < -0.4 is 0 Å². The molecular weight excluding hydrogens is 298 g/mol. The zero-order valence-electron chi connectivity index (χ0n) is 14.1. The van der Waals surface area contributed by atoms with Crippen molar-refractivity contribution in [2.45, 2.75) is 50.0 Å². The molecule has 0 aromatic heterocycles. The van der Waals surface area contributed by atoms with E-state index in [1.54, 1.807) is 12.1 Å². The number of fused-ring (bicyclic) bond motifs is 2. The van der Waals surface area contributed by atoms with E-state index in [0.717, 1.165) is 18.4 Å². The molecule has 4 rings (SSSR count). The molecule has 1 N–H and O–H groups in total. The molecule has 0 aliphatic carbocycles. The molecule has 3 unspecified atom stereocenters. The molecule has 3 atom stereocenters. The highest BCUT2D eigenvalue weighted by molar-refractivity contribution is 5.33. The molecule has 0 spiro atoms. The molecular formula is C21H25NO2. The molecule has 2 heterocycles. The number of piperidine rings is 1. The van der Waals surface area contributed by atoms with Gasteiger partial charge in [0.05, 0.1) is 6.10 Å². The van der Waals surface area contributed by atoms with E-state index in [1.165, 1.54) is 18.4 Å². The first-order valence-corrected chi connectivity index (χ1v) is 8.92. The fraction of sp³-hybridized carbons (Fsp3) is 0.429. The molecule has 2 aromatic rings. The molecule has 24 heavy (non-hydrogen) atoms. The quantitative estimate of drug-likeness (QED) is 0.918. The number of phenolic OH excluding ortho intramolecular Hbond substituents is 1. The number of hydrogen-bond acceptors (Lipinski definition) is 3. The van der Waals surface area contributed by atoms with Crippen LogP contribution in [0.1, 0.15) is 42.9 Å². The molecule has 2 fully saturated rings. The van der Waals surface area contributed by atoms with Crippen LogP contribution in [-0.2, 0) is 4.74 Å². The van der Waals surface area contributed by atoms with E-state index in [4.69, 9.17) is 4.74 Å². The van der Waals surface area contributed by atoms with Gasteiger partial charge in [-0.15, -0.1) is 0 Å². The SMILES string of the molecule is CN1C2CCC1CC(OC(c1ccccc1)c1ccc(O)cc1)C2. The van der Waals surface area contributed by atoms with Crippen molar-refractivity contribution in [1.29, 1.82) is 0 Å². The third-order valence-corrected chi connectivity index (χ3v) is 5.68. The lowest BCUT2D eigenvalue weighted by molar-refractivity contribution is -0.0426. The summed E-state index contributed by atoms with van der Waals surface area (Å²) in [5, 5.41) is 9.59. The summed E-state index contributed by atoms with van der Waals surface area (Å²) in [6.45, 7) is 0. The van der Waals surface area contributed by atoms with Crippen molar-refractivity contribution in [1.82, 2.24) is 4.90 Å². The molecule has 0 amide bonds. The maximum absolute atomic E-state index is 9.59. The predicted octanol–water partition coefficient (Wildman–Crippen LogP) is 4.12. The van der Waals surface area contributed by atoms with E-state index in [-0.39, 0.29) is 6.10 Å². The van der Waals surface area contributed by atoms with Crippen LogP contribution in [-0.4, -0.2) is 35.2 Å². The fourth-order valence-corrected chi connectivity index (χ4v) is 4.29. The van der Waals surface area contributed by atoms with Crippen LogP contribution in [0, 0.1) is 0 Å². The number of rotatable bonds is 4.